The van der Waals surface area contributed by atoms with Crippen molar-refractivity contribution in [1.82, 2.24) is 0 Å². The molecule has 0 aromatic heterocycles. The van der Waals surface area contributed by atoms with E-state index in [4.69, 9.17) is 43.7 Å². The van der Waals surface area contributed by atoms with Gasteiger partial charge in [0.15, 0.2) is 0 Å². The zero-order chi connectivity index (χ0) is 71.6. The molecule has 0 amide bonds. The van der Waals surface area contributed by atoms with E-state index in [1.54, 1.807) is 0 Å². The van der Waals surface area contributed by atoms with Gasteiger partial charge in [0.05, 0.1) is 12.2 Å². The maximum Gasteiger partial charge on any atom is 0.306 e. The summed E-state index contributed by atoms with van der Waals surface area (Å²) in [6.45, 7) is 9.16. The van der Waals surface area contributed by atoms with Gasteiger partial charge in [-0.05, 0) is 222 Å². The number of Topliss-reactive ketones (excluding diaryl/α,β-unsaturated/α-hetero) is 3. The van der Waals surface area contributed by atoms with E-state index in [1.165, 1.54) is 59.3 Å². The lowest BCUT2D eigenvalue weighted by molar-refractivity contribution is -0.154. The van der Waals surface area contributed by atoms with Gasteiger partial charge in [-0.1, -0.05) is 26.7 Å². The van der Waals surface area contributed by atoms with Crippen LogP contribution in [0.15, 0.2) is 0 Å². The normalized spacial score (nSPS) is 32.4. The van der Waals surface area contributed by atoms with Gasteiger partial charge in [-0.25, -0.2) is 0 Å². The molecule has 98 heavy (non-hydrogen) atoms. The average Bonchev–Trinajstić information content (AvgIpc) is 1.69. The van der Waals surface area contributed by atoms with Gasteiger partial charge in [0.1, 0.15) is 54.0 Å². The van der Waals surface area contributed by atoms with Crippen LogP contribution >= 0.6 is 0 Å². The molecule has 23 nitrogen and oxygen atoms in total. The van der Waals surface area contributed by atoms with E-state index in [-0.39, 0.29) is 165 Å². The van der Waals surface area contributed by atoms with Crippen LogP contribution in [0.4, 0.5) is 0 Å². The van der Waals surface area contributed by atoms with Gasteiger partial charge >= 0.3 is 53.7 Å². The number of ether oxygens (including phenoxy) is 6. The molecule has 0 unspecified atom stereocenters. The number of carboxylic acid groups (broad SMARTS) is 3. The minimum atomic E-state index is -0.914. The molecule has 0 bridgehead atoms. The molecule has 5 N–H and O–H groups in total. The number of hydrogen-bond acceptors (Lipinski definition) is 20. The van der Waals surface area contributed by atoms with Crippen LogP contribution in [0.25, 0.3) is 0 Å². The number of carbonyl (C=O) groups excluding carboxylic acids is 9. The first-order valence-corrected chi connectivity index (χ1v) is 37.3. The zero-order valence-electron chi connectivity index (χ0n) is 59.0. The summed E-state index contributed by atoms with van der Waals surface area (Å²) in [5.74, 6) is 2.21. The number of aliphatic carboxylic acids is 3. The Labute approximate surface area is 578 Å². The van der Waals surface area contributed by atoms with Crippen LogP contribution in [0, 0.1) is 71.0 Å². The van der Waals surface area contributed by atoms with Crippen molar-refractivity contribution in [2.24, 2.45) is 71.0 Å². The molecule has 0 aliphatic heterocycles. The summed E-state index contributed by atoms with van der Waals surface area (Å²) < 4.78 is 33.2. The zero-order valence-corrected chi connectivity index (χ0v) is 59.0. The molecule has 0 saturated heterocycles. The molecule has 20 atom stereocenters. The Kier molecular flexibility index (Phi) is 34.1. The second-order valence-electron chi connectivity index (χ2n) is 30.1. The highest BCUT2D eigenvalue weighted by Crippen LogP contribution is 2.51. The van der Waals surface area contributed by atoms with Crippen LogP contribution in [-0.4, -0.2) is 145 Å². The summed E-state index contributed by atoms with van der Waals surface area (Å²) in [7, 11) is 0. The van der Waals surface area contributed by atoms with Gasteiger partial charge < -0.3 is 68.3 Å². The maximum atomic E-state index is 11.9. The number of ketones is 3. The molecular formula is C75H116O23. The Morgan fingerprint density at radius 3 is 0.663 bits per heavy atom. The Hall–Kier alpha value is -5.84. The van der Waals surface area contributed by atoms with Crippen molar-refractivity contribution in [3.63, 3.8) is 0 Å². The highest BCUT2D eigenvalue weighted by Gasteiger charge is 2.50. The van der Waals surface area contributed by atoms with E-state index < -0.39 is 17.9 Å². The second kappa shape index (κ2) is 41.2. The quantitative estimate of drug-likeness (QED) is 0.0329. The van der Waals surface area contributed by atoms with Crippen LogP contribution in [0.5, 0.6) is 0 Å². The summed E-state index contributed by atoms with van der Waals surface area (Å²) in [6.07, 6.45) is 24.9. The predicted octanol–water partition coefficient (Wildman–Crippen LogP) is 11.5. The van der Waals surface area contributed by atoms with Crippen molar-refractivity contribution in [3.05, 3.63) is 0 Å². The molecule has 10 fully saturated rings. The molecule has 10 saturated carbocycles. The summed E-state index contributed by atoms with van der Waals surface area (Å²) in [6, 6.07) is 0. The topological polar surface area (TPSA) is 361 Å². The van der Waals surface area contributed by atoms with Gasteiger partial charge in [-0.2, -0.15) is 0 Å². The van der Waals surface area contributed by atoms with Crippen LogP contribution in [-0.2, 0) is 86.0 Å². The van der Waals surface area contributed by atoms with E-state index in [0.29, 0.717) is 99.7 Å². The minimum absolute atomic E-state index is 0.00280. The summed E-state index contributed by atoms with van der Waals surface area (Å²) >= 11 is 0. The number of rotatable bonds is 30. The van der Waals surface area contributed by atoms with Gasteiger partial charge in [-0.15, -0.1) is 0 Å². The molecule has 554 valence electrons. The molecular weight excluding hydrogens is 1270 g/mol. The monoisotopic (exact) mass is 1380 g/mol. The molecule has 10 aliphatic carbocycles. The Balaban J connectivity index is 0.000000195. The number of aliphatic hydroxyl groups is 2. The first-order chi connectivity index (χ1) is 46.7. The van der Waals surface area contributed by atoms with E-state index in [9.17, 15) is 67.7 Å². The number of carbonyl (C=O) groups is 12. The van der Waals surface area contributed by atoms with E-state index in [0.717, 1.165) is 114 Å². The van der Waals surface area contributed by atoms with Crippen molar-refractivity contribution in [2.45, 2.75) is 327 Å². The largest absolute Gasteiger partial charge is 0.481 e. The van der Waals surface area contributed by atoms with Gasteiger partial charge in [0, 0.05) is 101 Å². The summed E-state index contributed by atoms with van der Waals surface area (Å²) in [5.41, 5.74) is 0. The maximum absolute atomic E-state index is 11.9. The number of hydrogen-bond donors (Lipinski definition) is 5. The standard InChI is InChI=1S/C19H28O7.4C14H22O4/c1-12(20)4-2-6-18(23)25-15-10-8-14-13(15)9-11-16(14)26-19(24)7-3-5-17(21)22;2*1-9(15)3-2-4-14(17)18-13-8-6-10-11(13)5-7-12(10)16;2*1-9-5-6-11-10(9)7-8-12(11)18-14(17)4-2-3-13(15)16/h13-16H,2-11H2,1H3,(H,21,22);2*10-13,16H,2-8H2,1H3;2*9-12H,2-8H2,1H3,(H,15,16)/t13-,14-,15-,16-;10-,11-,12+,13+;10-,11-,12-,13-;9-,10+,11-,12-;9-,10-,11+,12-/m00001/s1. The molecule has 0 heterocycles. The van der Waals surface area contributed by atoms with Crippen molar-refractivity contribution >= 4 is 71.1 Å². The molecule has 0 radical (unpaired) electrons. The Morgan fingerprint density at radius 1 is 0.245 bits per heavy atom. The SMILES string of the molecule is CC(=O)CCCC(=O)O[C@@H]1CC[C@H]2[C@@H]1CC[C@H]2O.CC(=O)CCCC(=O)O[C@H]1CC[C@H]2[C@@H]1CC[C@@H]2O.CC(=O)CCCC(=O)O[C@H]1CC[C@H]2[C@@H]1CC[C@@H]2OC(=O)CCCC(=O)O.C[C@@H]1CC[C@H]2[C@@H]1CC[C@H]2OC(=O)CCCC(=O)O.C[C@H]1CC[C@H]2[C@@H]1CC[C@@H]2OC(=O)CCCC(=O)O. The first kappa shape index (κ1) is 81.1. The first-order valence-electron chi connectivity index (χ1n) is 37.3. The Morgan fingerprint density at radius 2 is 0.429 bits per heavy atom. The smallest absolute Gasteiger partial charge is 0.306 e. The number of fused-ring (bicyclic) bond motifs is 5. The fraction of sp³-hybridized carbons (Fsp3) is 0.840. The van der Waals surface area contributed by atoms with Gasteiger partial charge in [-0.3, -0.25) is 43.2 Å². The number of aliphatic hydroxyl groups excluding tert-OH is 2. The van der Waals surface area contributed by atoms with E-state index in [2.05, 4.69) is 13.8 Å². The molecule has 23 heteroatoms. The third-order valence-corrected chi connectivity index (χ3v) is 23.0. The fourth-order valence-electron chi connectivity index (χ4n) is 18.0. The fourth-order valence-corrected chi connectivity index (χ4v) is 18.0. The van der Waals surface area contributed by atoms with Crippen molar-refractivity contribution in [3.8, 4) is 0 Å². The summed E-state index contributed by atoms with van der Waals surface area (Å²) in [4.78, 5) is 134. The molecule has 10 rings (SSSR count). The third kappa shape index (κ3) is 26.6. The highest BCUT2D eigenvalue weighted by atomic mass is 16.6. The van der Waals surface area contributed by atoms with Crippen LogP contribution in [0.1, 0.15) is 279 Å². The van der Waals surface area contributed by atoms with Crippen molar-refractivity contribution < 1.29 is 111 Å². The molecule has 0 spiro atoms. The lowest BCUT2D eigenvalue weighted by Crippen LogP contribution is -2.26. The van der Waals surface area contributed by atoms with E-state index >= 15 is 0 Å². The lowest BCUT2D eigenvalue weighted by Gasteiger charge is -2.21. The lowest BCUT2D eigenvalue weighted by atomic mass is 9.93. The van der Waals surface area contributed by atoms with E-state index in [1.807, 2.05) is 0 Å². The molecule has 10 aliphatic rings. The highest BCUT2D eigenvalue weighted by molar-refractivity contribution is 5.78. The van der Waals surface area contributed by atoms with Crippen LogP contribution in [0.3, 0.4) is 0 Å². The summed E-state index contributed by atoms with van der Waals surface area (Å²) in [5, 5.41) is 45.2. The van der Waals surface area contributed by atoms with Gasteiger partial charge in [0.25, 0.3) is 0 Å². The van der Waals surface area contributed by atoms with Crippen molar-refractivity contribution in [1.29, 1.82) is 0 Å². The number of esters is 6. The Bertz CT molecular complexity index is 2350. The van der Waals surface area contributed by atoms with Crippen LogP contribution < -0.4 is 0 Å². The van der Waals surface area contributed by atoms with Crippen LogP contribution in [0.2, 0.25) is 0 Å². The number of carboxylic acids is 3. The molecule has 0 aromatic carbocycles. The minimum Gasteiger partial charge on any atom is -0.481 e. The molecule has 0 aromatic rings. The third-order valence-electron chi connectivity index (χ3n) is 23.0. The van der Waals surface area contributed by atoms with Crippen molar-refractivity contribution in [2.75, 3.05) is 0 Å². The predicted molar refractivity (Wildman–Crippen MR) is 355 cm³/mol. The average molecular weight is 1390 g/mol. The second-order valence-corrected chi connectivity index (χ2v) is 30.1. The van der Waals surface area contributed by atoms with Gasteiger partial charge in [0.2, 0.25) is 0 Å².